The van der Waals surface area contributed by atoms with Crippen LogP contribution < -0.4 is 55.3 Å². The molecule has 0 unspecified atom stereocenters. The number of hydrogen-bond donors (Lipinski definition) is 11. The molecule has 17 heteroatoms. The molecule has 6 amide bonds. The summed E-state index contributed by atoms with van der Waals surface area (Å²) in [6.07, 6.45) is 0.695. The van der Waals surface area contributed by atoms with Crippen LogP contribution in [0.15, 0.2) is 42.5 Å². The maximum absolute atomic E-state index is 14.0. The van der Waals surface area contributed by atoms with E-state index in [4.69, 9.17) is 28.7 Å². The standard InChI is InChI=1S/C35H52N10O7/c36-12-2-6-26-34(51)45-28(17-20-4-1-5-21(16-20)22-8-10-29(46)23(18-22)19-24(39)32(49)43-26)35(52)44-27(7-3-13-37)33(50)42-25(31(40)48)9-11-30(47)41-15-14-38/h1,4-5,8,10,16,18,24-28,46H,2-3,6-7,9,11-15,17,19,36-39H2,(H2,40,48)(H,41,47)(H,42,50)(H,43,49)(H,44,52)(H,45,51)/t24-,25-,26-,27+,28-/m0/s1. The van der Waals surface area contributed by atoms with Crippen LogP contribution in [0.4, 0.5) is 0 Å². The maximum Gasteiger partial charge on any atom is 0.243 e. The second kappa shape index (κ2) is 20.7. The number of rotatable bonds is 16. The quantitative estimate of drug-likeness (QED) is 0.0843. The molecular formula is C35H52N10O7. The Kier molecular flexibility index (Phi) is 16.4. The van der Waals surface area contributed by atoms with Gasteiger partial charge >= 0.3 is 0 Å². The zero-order valence-electron chi connectivity index (χ0n) is 29.2. The Balaban J connectivity index is 1.94. The smallest absolute Gasteiger partial charge is 0.243 e. The molecule has 4 bridgehead atoms. The van der Waals surface area contributed by atoms with Crippen LogP contribution in [0.25, 0.3) is 11.1 Å². The second-order valence-electron chi connectivity index (χ2n) is 12.7. The van der Waals surface area contributed by atoms with E-state index in [-0.39, 0.29) is 76.4 Å². The van der Waals surface area contributed by atoms with E-state index in [1.807, 2.05) is 12.1 Å². The monoisotopic (exact) mass is 724 g/mol. The third-order valence-corrected chi connectivity index (χ3v) is 8.64. The van der Waals surface area contributed by atoms with Gasteiger partial charge in [0.05, 0.1) is 6.04 Å². The van der Waals surface area contributed by atoms with E-state index in [0.717, 1.165) is 11.1 Å². The van der Waals surface area contributed by atoms with Crippen LogP contribution >= 0.6 is 0 Å². The van der Waals surface area contributed by atoms with Gasteiger partial charge in [-0.1, -0.05) is 30.3 Å². The van der Waals surface area contributed by atoms with Crippen LogP contribution in [0.3, 0.4) is 0 Å². The normalized spacial score (nSPS) is 18.7. The van der Waals surface area contributed by atoms with Crippen LogP contribution in [-0.4, -0.2) is 96.9 Å². The summed E-state index contributed by atoms with van der Waals surface area (Å²) in [6.45, 7) is 0.892. The molecule has 52 heavy (non-hydrogen) atoms. The predicted octanol–water partition coefficient (Wildman–Crippen LogP) is -2.76. The molecule has 0 radical (unpaired) electrons. The summed E-state index contributed by atoms with van der Waals surface area (Å²) in [5.74, 6) is -4.05. The maximum atomic E-state index is 14.0. The molecule has 2 aromatic rings. The molecule has 2 aromatic carbocycles. The van der Waals surface area contributed by atoms with Crippen LogP contribution in [0.5, 0.6) is 5.75 Å². The number of nitrogens with two attached hydrogens (primary N) is 5. The third-order valence-electron chi connectivity index (χ3n) is 8.64. The van der Waals surface area contributed by atoms with Gasteiger partial charge in [0.25, 0.3) is 0 Å². The van der Waals surface area contributed by atoms with Crippen molar-refractivity contribution in [2.45, 2.75) is 81.6 Å². The minimum atomic E-state index is -1.24. The topological polar surface area (TPSA) is 313 Å². The summed E-state index contributed by atoms with van der Waals surface area (Å²) in [6, 6.07) is 6.32. The van der Waals surface area contributed by atoms with Crippen LogP contribution in [0.1, 0.15) is 49.7 Å². The van der Waals surface area contributed by atoms with Crippen molar-refractivity contribution >= 4 is 35.4 Å². The molecule has 0 saturated heterocycles. The number of nitrogens with one attached hydrogen (secondary N) is 5. The molecule has 0 fully saturated rings. The number of aromatic hydroxyl groups is 1. The summed E-state index contributed by atoms with van der Waals surface area (Å²) in [5, 5.41) is 23.7. The van der Waals surface area contributed by atoms with Gasteiger partial charge in [0, 0.05) is 32.4 Å². The highest BCUT2D eigenvalue weighted by molar-refractivity contribution is 5.96. The molecule has 16 N–H and O–H groups in total. The van der Waals surface area contributed by atoms with E-state index in [1.165, 1.54) is 6.07 Å². The molecule has 284 valence electrons. The SMILES string of the molecule is NCCC[C@@H]1NC(=O)[C@@H](N)Cc2cc(ccc2O)-c2cccc(c2)C[C@@H](C(=O)N[C@H](CCCN)C(=O)N[C@@H](CCC(=O)NCCN)C(N)=O)NC1=O. The van der Waals surface area contributed by atoms with Crippen molar-refractivity contribution in [3.63, 3.8) is 0 Å². The van der Waals surface area contributed by atoms with E-state index in [0.29, 0.717) is 24.0 Å². The molecule has 17 nitrogen and oxygen atoms in total. The van der Waals surface area contributed by atoms with Gasteiger partial charge < -0.3 is 60.4 Å². The van der Waals surface area contributed by atoms with Gasteiger partial charge in [0.15, 0.2) is 0 Å². The average molecular weight is 725 g/mol. The Labute approximate surface area is 302 Å². The molecule has 5 atom stereocenters. The summed E-state index contributed by atoms with van der Waals surface area (Å²) in [7, 11) is 0. The number of carbonyl (C=O) groups excluding carboxylic acids is 6. The molecule has 0 saturated carbocycles. The number of amides is 6. The van der Waals surface area contributed by atoms with Gasteiger partial charge in [0.2, 0.25) is 35.4 Å². The first kappa shape index (κ1) is 41.3. The van der Waals surface area contributed by atoms with Gasteiger partial charge in [0.1, 0.15) is 29.9 Å². The molecule has 0 aliphatic carbocycles. The van der Waals surface area contributed by atoms with Crippen molar-refractivity contribution in [2.24, 2.45) is 28.7 Å². The number of phenolic OH excluding ortho intramolecular Hbond substituents is 1. The zero-order chi connectivity index (χ0) is 38.2. The van der Waals surface area contributed by atoms with Crippen LogP contribution in [-0.2, 0) is 41.6 Å². The Morgan fingerprint density at radius 2 is 1.58 bits per heavy atom. The predicted molar refractivity (Wildman–Crippen MR) is 194 cm³/mol. The van der Waals surface area contributed by atoms with E-state index >= 15 is 0 Å². The van der Waals surface area contributed by atoms with Crippen molar-refractivity contribution in [3.8, 4) is 16.9 Å². The van der Waals surface area contributed by atoms with Crippen LogP contribution in [0, 0.1) is 0 Å². The highest BCUT2D eigenvalue weighted by Crippen LogP contribution is 2.28. The fourth-order valence-electron chi connectivity index (χ4n) is 5.72. The first-order chi connectivity index (χ1) is 24.9. The molecule has 1 heterocycles. The average Bonchev–Trinajstić information content (AvgIpc) is 3.12. The number of carbonyl (C=O) groups is 6. The lowest BCUT2D eigenvalue weighted by Crippen LogP contribution is -2.59. The van der Waals surface area contributed by atoms with Crippen molar-refractivity contribution in [2.75, 3.05) is 26.2 Å². The Morgan fingerprint density at radius 1 is 0.846 bits per heavy atom. The van der Waals surface area contributed by atoms with E-state index in [2.05, 4.69) is 26.6 Å². The summed E-state index contributed by atoms with van der Waals surface area (Å²) in [5.41, 5.74) is 31.2. The number of primary amides is 1. The third kappa shape index (κ3) is 12.6. The van der Waals surface area contributed by atoms with Gasteiger partial charge in [-0.3, -0.25) is 28.8 Å². The van der Waals surface area contributed by atoms with Crippen molar-refractivity contribution in [3.05, 3.63) is 53.6 Å². The largest absolute Gasteiger partial charge is 0.508 e. The molecule has 0 spiro atoms. The number of hydrogen-bond acceptors (Lipinski definition) is 11. The lowest BCUT2D eigenvalue weighted by Gasteiger charge is -2.27. The second-order valence-corrected chi connectivity index (χ2v) is 12.7. The fraction of sp³-hybridized carbons (Fsp3) is 0.486. The molecular weight excluding hydrogens is 672 g/mol. The molecule has 3 rings (SSSR count). The molecule has 0 aromatic heterocycles. The number of benzene rings is 2. The minimum Gasteiger partial charge on any atom is -0.508 e. The van der Waals surface area contributed by atoms with Gasteiger partial charge in [-0.15, -0.1) is 0 Å². The first-order valence-electron chi connectivity index (χ1n) is 17.4. The fourth-order valence-corrected chi connectivity index (χ4v) is 5.72. The Bertz CT molecular complexity index is 1570. The molecule has 1 aliphatic rings. The summed E-state index contributed by atoms with van der Waals surface area (Å²) < 4.78 is 0. The lowest BCUT2D eigenvalue weighted by atomic mass is 9.96. The van der Waals surface area contributed by atoms with Crippen molar-refractivity contribution < 1.29 is 33.9 Å². The number of fused-ring (bicyclic) bond motifs is 5. The first-order valence-corrected chi connectivity index (χ1v) is 17.4. The highest BCUT2D eigenvalue weighted by atomic mass is 16.3. The minimum absolute atomic E-state index is 0.00813. The van der Waals surface area contributed by atoms with Crippen molar-refractivity contribution in [1.82, 2.24) is 26.6 Å². The van der Waals surface area contributed by atoms with E-state index in [1.54, 1.807) is 24.3 Å². The lowest BCUT2D eigenvalue weighted by molar-refractivity contribution is -0.134. The van der Waals surface area contributed by atoms with Crippen LogP contribution in [0.2, 0.25) is 0 Å². The number of phenols is 1. The van der Waals surface area contributed by atoms with Gasteiger partial charge in [-0.25, -0.2) is 0 Å². The van der Waals surface area contributed by atoms with E-state index < -0.39 is 59.7 Å². The van der Waals surface area contributed by atoms with Crippen molar-refractivity contribution in [1.29, 1.82) is 0 Å². The van der Waals surface area contributed by atoms with Gasteiger partial charge in [-0.2, -0.15) is 0 Å². The Morgan fingerprint density at radius 3 is 2.27 bits per heavy atom. The highest BCUT2D eigenvalue weighted by Gasteiger charge is 2.32. The molecule has 1 aliphatic heterocycles. The zero-order valence-corrected chi connectivity index (χ0v) is 29.2. The summed E-state index contributed by atoms with van der Waals surface area (Å²) in [4.78, 5) is 78.7. The van der Waals surface area contributed by atoms with E-state index in [9.17, 15) is 33.9 Å². The van der Waals surface area contributed by atoms with Gasteiger partial charge in [-0.05, 0) is 79.6 Å². The summed E-state index contributed by atoms with van der Waals surface area (Å²) >= 11 is 0. The Hall–Kier alpha value is -5.10.